The van der Waals surface area contributed by atoms with E-state index in [2.05, 4.69) is 0 Å². The quantitative estimate of drug-likeness (QED) is 0.305. The minimum Gasteiger partial charge on any atom is -0.289 e. The maximum Gasteiger partial charge on any atom is 0.278 e. The lowest BCUT2D eigenvalue weighted by Crippen LogP contribution is -2.36. The first-order chi connectivity index (χ1) is 15.2. The Morgan fingerprint density at radius 3 is 1.88 bits per heavy atom. The third-order valence-electron chi connectivity index (χ3n) is 6.19. The van der Waals surface area contributed by atoms with Crippen LogP contribution in [0.2, 0.25) is 0 Å². The van der Waals surface area contributed by atoms with Crippen LogP contribution in [0, 0.1) is 0 Å². The zero-order chi connectivity index (χ0) is 22.9. The summed E-state index contributed by atoms with van der Waals surface area (Å²) in [6.45, 7) is 7.48. The molecular formula is C26H22N2O4. The fourth-order valence-corrected chi connectivity index (χ4v) is 4.64. The van der Waals surface area contributed by atoms with Crippen molar-refractivity contribution in [3.05, 3.63) is 101 Å². The summed E-state index contributed by atoms with van der Waals surface area (Å²) < 4.78 is 2.41. The first-order valence-corrected chi connectivity index (χ1v) is 10.6. The number of fused-ring (bicyclic) bond motifs is 7. The molecule has 0 N–H and O–H groups in total. The van der Waals surface area contributed by atoms with Crippen LogP contribution in [0.4, 0.5) is 0 Å². The van der Waals surface area contributed by atoms with Crippen LogP contribution in [0.15, 0.2) is 67.7 Å². The molecule has 5 aromatic rings. The van der Waals surface area contributed by atoms with Crippen molar-refractivity contribution in [3.8, 4) is 0 Å². The SMILES string of the molecule is CCc1cccc2c3c(=O)cc(C(C)(C)C)c(=O)c3n3c(=O)c4ccccc4c(=O)n3c12. The van der Waals surface area contributed by atoms with E-state index in [4.69, 9.17) is 0 Å². The van der Waals surface area contributed by atoms with E-state index >= 15 is 0 Å². The summed E-state index contributed by atoms with van der Waals surface area (Å²) in [6, 6.07) is 13.4. The van der Waals surface area contributed by atoms with E-state index in [1.54, 1.807) is 30.3 Å². The van der Waals surface area contributed by atoms with E-state index in [9.17, 15) is 19.2 Å². The molecule has 0 aliphatic carbocycles. The molecule has 0 unspecified atom stereocenters. The molecule has 0 aliphatic heterocycles. The Bertz CT molecular complexity index is 1820. The lowest BCUT2D eigenvalue weighted by molar-refractivity contribution is 0.585. The van der Waals surface area contributed by atoms with Crippen LogP contribution < -0.4 is 22.0 Å². The van der Waals surface area contributed by atoms with Crippen molar-refractivity contribution < 1.29 is 0 Å². The summed E-state index contributed by atoms with van der Waals surface area (Å²) in [5.41, 5.74) is -0.695. The van der Waals surface area contributed by atoms with Crippen molar-refractivity contribution in [1.82, 2.24) is 9.03 Å². The van der Waals surface area contributed by atoms with Gasteiger partial charge < -0.3 is 0 Å². The molecule has 6 nitrogen and oxygen atoms in total. The summed E-state index contributed by atoms with van der Waals surface area (Å²) in [5, 5.41) is 1.16. The highest BCUT2D eigenvalue weighted by Gasteiger charge is 2.25. The topological polar surface area (TPSA) is 77.1 Å². The lowest BCUT2D eigenvalue weighted by atomic mass is 9.85. The predicted molar refractivity (Wildman–Crippen MR) is 128 cm³/mol. The van der Waals surface area contributed by atoms with Gasteiger partial charge >= 0.3 is 0 Å². The van der Waals surface area contributed by atoms with Gasteiger partial charge in [0.15, 0.2) is 5.43 Å². The van der Waals surface area contributed by atoms with Crippen LogP contribution in [0.5, 0.6) is 0 Å². The zero-order valence-electron chi connectivity index (χ0n) is 18.4. The molecular weight excluding hydrogens is 404 g/mol. The maximum atomic E-state index is 13.7. The first kappa shape index (κ1) is 20.1. The van der Waals surface area contributed by atoms with Gasteiger partial charge in [0.1, 0.15) is 5.52 Å². The fraction of sp³-hybridized carbons (Fsp3) is 0.231. The van der Waals surface area contributed by atoms with E-state index in [1.807, 2.05) is 39.8 Å². The number of aryl methyl sites for hydroxylation is 1. The molecule has 0 spiro atoms. The molecule has 0 amide bonds. The van der Waals surface area contributed by atoms with E-state index in [0.29, 0.717) is 22.9 Å². The Hall–Kier alpha value is -3.80. The number of rotatable bonds is 1. The summed E-state index contributed by atoms with van der Waals surface area (Å²) in [7, 11) is 0. The normalized spacial score (nSPS) is 12.4. The predicted octanol–water partition coefficient (Wildman–Crippen LogP) is 3.24. The second-order valence-corrected chi connectivity index (χ2v) is 9.17. The van der Waals surface area contributed by atoms with Crippen LogP contribution in [-0.2, 0) is 11.8 Å². The van der Waals surface area contributed by atoms with E-state index in [0.717, 1.165) is 10.1 Å². The molecule has 2 aromatic heterocycles. The van der Waals surface area contributed by atoms with Gasteiger partial charge in [0.25, 0.3) is 11.1 Å². The first-order valence-electron chi connectivity index (χ1n) is 10.6. The van der Waals surface area contributed by atoms with Crippen LogP contribution in [0.25, 0.3) is 32.6 Å². The highest BCUT2D eigenvalue weighted by atomic mass is 16.2. The molecule has 5 rings (SSSR count). The maximum absolute atomic E-state index is 13.7. The van der Waals surface area contributed by atoms with Gasteiger partial charge in [-0.15, -0.1) is 0 Å². The largest absolute Gasteiger partial charge is 0.289 e. The minimum absolute atomic E-state index is 0.0453. The minimum atomic E-state index is -0.609. The summed E-state index contributed by atoms with van der Waals surface area (Å²) in [6.07, 6.45) is 0.588. The fourth-order valence-electron chi connectivity index (χ4n) is 4.64. The van der Waals surface area contributed by atoms with Gasteiger partial charge in [0.2, 0.25) is 5.43 Å². The van der Waals surface area contributed by atoms with Crippen LogP contribution in [0.1, 0.15) is 38.8 Å². The molecule has 2 heterocycles. The van der Waals surface area contributed by atoms with Crippen molar-refractivity contribution >= 4 is 32.6 Å². The molecule has 0 saturated carbocycles. The average molecular weight is 426 g/mol. The molecule has 6 heteroatoms. The smallest absolute Gasteiger partial charge is 0.278 e. The molecule has 0 bridgehead atoms. The van der Waals surface area contributed by atoms with Gasteiger partial charge in [-0.05, 0) is 35.6 Å². The van der Waals surface area contributed by atoms with Gasteiger partial charge in [-0.1, -0.05) is 58.0 Å². The Balaban J connectivity index is 2.33. The number of benzene rings is 3. The number of hydrogen-bond donors (Lipinski definition) is 0. The van der Waals surface area contributed by atoms with Gasteiger partial charge in [0, 0.05) is 10.9 Å². The Kier molecular flexibility index (Phi) is 4.15. The van der Waals surface area contributed by atoms with Crippen molar-refractivity contribution in [2.75, 3.05) is 0 Å². The van der Waals surface area contributed by atoms with Gasteiger partial charge in [-0.2, -0.15) is 0 Å². The molecule has 32 heavy (non-hydrogen) atoms. The van der Waals surface area contributed by atoms with Gasteiger partial charge in [-0.3, -0.25) is 19.2 Å². The molecule has 0 saturated heterocycles. The van der Waals surface area contributed by atoms with E-state index in [1.165, 1.54) is 10.6 Å². The van der Waals surface area contributed by atoms with Crippen molar-refractivity contribution in [1.29, 1.82) is 0 Å². The Morgan fingerprint density at radius 1 is 0.750 bits per heavy atom. The zero-order valence-corrected chi connectivity index (χ0v) is 18.4. The highest BCUT2D eigenvalue weighted by molar-refractivity contribution is 6.05. The average Bonchev–Trinajstić information content (AvgIpc) is 2.77. The number of aromatic nitrogens is 2. The summed E-state index contributed by atoms with van der Waals surface area (Å²) in [5.74, 6) is 0. The van der Waals surface area contributed by atoms with Gasteiger partial charge in [0.05, 0.1) is 21.7 Å². The number of hydrogen-bond acceptors (Lipinski definition) is 4. The van der Waals surface area contributed by atoms with Crippen LogP contribution >= 0.6 is 0 Å². The second-order valence-electron chi connectivity index (χ2n) is 9.17. The van der Waals surface area contributed by atoms with Gasteiger partial charge in [-0.25, -0.2) is 9.03 Å². The standard InChI is InChI=1S/C26H22N2O4/c1-5-14-9-8-12-17-20-19(29)13-18(26(2,3)4)23(30)22(20)28-25(32)16-11-7-6-10-15(16)24(31)27(28)21(14)17/h6-13H,5H2,1-4H3. The highest BCUT2D eigenvalue weighted by Crippen LogP contribution is 2.26. The second kappa shape index (κ2) is 6.60. The third-order valence-corrected chi connectivity index (χ3v) is 6.19. The van der Waals surface area contributed by atoms with Crippen LogP contribution in [-0.4, -0.2) is 9.03 Å². The summed E-state index contributed by atoms with van der Waals surface area (Å²) >= 11 is 0. The molecule has 0 aliphatic rings. The lowest BCUT2D eigenvalue weighted by Gasteiger charge is -2.20. The van der Waals surface area contributed by atoms with E-state index < -0.39 is 22.0 Å². The summed E-state index contributed by atoms with van der Waals surface area (Å²) in [4.78, 5) is 54.5. The Morgan fingerprint density at radius 2 is 1.31 bits per heavy atom. The van der Waals surface area contributed by atoms with Crippen molar-refractivity contribution in [2.45, 2.75) is 39.5 Å². The molecule has 160 valence electrons. The Labute approximate surface area is 182 Å². The van der Waals surface area contributed by atoms with E-state index in [-0.39, 0.29) is 27.1 Å². The third kappa shape index (κ3) is 2.52. The molecule has 0 atom stereocenters. The molecule has 0 radical (unpaired) electrons. The monoisotopic (exact) mass is 426 g/mol. The molecule has 0 fully saturated rings. The van der Waals surface area contributed by atoms with Crippen LogP contribution in [0.3, 0.4) is 0 Å². The number of nitrogens with zero attached hydrogens (tertiary/aromatic N) is 2. The van der Waals surface area contributed by atoms with Crippen molar-refractivity contribution in [2.24, 2.45) is 0 Å². The van der Waals surface area contributed by atoms with Crippen molar-refractivity contribution in [3.63, 3.8) is 0 Å². The number of para-hydroxylation sites is 1. The molecule has 3 aromatic carbocycles.